The summed E-state index contributed by atoms with van der Waals surface area (Å²) in [4.78, 5) is 24.0. The molecule has 0 radical (unpaired) electrons. The Bertz CT molecular complexity index is 748. The number of amides is 1. The topological polar surface area (TPSA) is 84.9 Å². The molecule has 138 valence electrons. The van der Waals surface area contributed by atoms with Crippen LogP contribution in [-0.2, 0) is 16.0 Å². The van der Waals surface area contributed by atoms with Crippen LogP contribution in [0, 0.1) is 12.8 Å². The standard InChI is InChI=1S/C20H23NO5/c1-13-7-9-14(10-8-13)11-15(12-18(22)23)20(24)21-19-16(25-2)5-4-6-17(19)26-3/h4-10,15H,11-12H2,1-3H3,(H,21,24)(H,22,23)/t15-/m0/s1. The number of rotatable bonds is 8. The van der Waals surface area contributed by atoms with Crippen molar-refractivity contribution in [3.8, 4) is 11.5 Å². The molecule has 0 spiro atoms. The van der Waals surface area contributed by atoms with Gasteiger partial charge in [-0.15, -0.1) is 0 Å². The molecule has 0 saturated heterocycles. The second-order valence-electron chi connectivity index (χ2n) is 6.01. The van der Waals surface area contributed by atoms with Crippen LogP contribution in [0.1, 0.15) is 17.5 Å². The van der Waals surface area contributed by atoms with Crippen LogP contribution in [0.15, 0.2) is 42.5 Å². The van der Waals surface area contributed by atoms with E-state index in [4.69, 9.17) is 9.47 Å². The van der Waals surface area contributed by atoms with Gasteiger partial charge in [0.05, 0.1) is 26.6 Å². The van der Waals surface area contributed by atoms with Crippen molar-refractivity contribution in [2.75, 3.05) is 19.5 Å². The average molecular weight is 357 g/mol. The smallest absolute Gasteiger partial charge is 0.304 e. The minimum Gasteiger partial charge on any atom is -0.494 e. The fourth-order valence-corrected chi connectivity index (χ4v) is 2.68. The molecule has 0 heterocycles. The molecule has 0 bridgehead atoms. The van der Waals surface area contributed by atoms with Crippen LogP contribution < -0.4 is 14.8 Å². The van der Waals surface area contributed by atoms with E-state index in [1.807, 2.05) is 31.2 Å². The Kier molecular flexibility index (Phi) is 6.60. The number of para-hydroxylation sites is 1. The molecule has 6 heteroatoms. The highest BCUT2D eigenvalue weighted by molar-refractivity contribution is 5.97. The third-order valence-corrected chi connectivity index (χ3v) is 4.07. The normalized spacial score (nSPS) is 11.5. The number of carbonyl (C=O) groups excluding carboxylic acids is 1. The molecule has 26 heavy (non-hydrogen) atoms. The van der Waals surface area contributed by atoms with Crippen LogP contribution >= 0.6 is 0 Å². The van der Waals surface area contributed by atoms with Gasteiger partial charge in [0.1, 0.15) is 17.2 Å². The Labute approximate surface area is 152 Å². The number of carboxylic acid groups (broad SMARTS) is 1. The molecule has 0 saturated carbocycles. The molecule has 0 fully saturated rings. The SMILES string of the molecule is COc1cccc(OC)c1NC(=O)[C@H](CC(=O)O)Cc1ccc(C)cc1. The molecule has 2 rings (SSSR count). The highest BCUT2D eigenvalue weighted by Gasteiger charge is 2.24. The van der Waals surface area contributed by atoms with Crippen LogP contribution in [-0.4, -0.2) is 31.2 Å². The lowest BCUT2D eigenvalue weighted by Crippen LogP contribution is -2.27. The highest BCUT2D eigenvalue weighted by Crippen LogP contribution is 2.34. The van der Waals surface area contributed by atoms with Gasteiger partial charge in [0.25, 0.3) is 0 Å². The van der Waals surface area contributed by atoms with Crippen molar-refractivity contribution in [3.63, 3.8) is 0 Å². The third kappa shape index (κ3) is 4.99. The summed E-state index contributed by atoms with van der Waals surface area (Å²) < 4.78 is 10.5. The highest BCUT2D eigenvalue weighted by atomic mass is 16.5. The van der Waals surface area contributed by atoms with E-state index in [0.717, 1.165) is 11.1 Å². The molecule has 0 aliphatic rings. The Morgan fingerprint density at radius 1 is 1.04 bits per heavy atom. The van der Waals surface area contributed by atoms with Gasteiger partial charge >= 0.3 is 5.97 Å². The summed E-state index contributed by atoms with van der Waals surface area (Å²) in [7, 11) is 2.98. The molecule has 1 atom stereocenters. The van der Waals surface area contributed by atoms with Gasteiger partial charge < -0.3 is 19.9 Å². The van der Waals surface area contributed by atoms with Gasteiger partial charge in [0.15, 0.2) is 0 Å². The van der Waals surface area contributed by atoms with Crippen molar-refractivity contribution in [1.29, 1.82) is 0 Å². The molecule has 6 nitrogen and oxygen atoms in total. The minimum atomic E-state index is -1.02. The van der Waals surface area contributed by atoms with E-state index < -0.39 is 17.8 Å². The van der Waals surface area contributed by atoms with Crippen molar-refractivity contribution in [1.82, 2.24) is 0 Å². The first-order valence-corrected chi connectivity index (χ1v) is 8.23. The van der Waals surface area contributed by atoms with Crippen molar-refractivity contribution >= 4 is 17.6 Å². The number of hydrogen-bond donors (Lipinski definition) is 2. The lowest BCUT2D eigenvalue weighted by molar-refractivity contribution is -0.140. The quantitative estimate of drug-likeness (QED) is 0.757. The average Bonchev–Trinajstić information content (AvgIpc) is 2.62. The van der Waals surface area contributed by atoms with Gasteiger partial charge in [-0.2, -0.15) is 0 Å². The zero-order valence-corrected chi connectivity index (χ0v) is 15.1. The number of ether oxygens (including phenoxy) is 2. The molecule has 2 aromatic rings. The van der Waals surface area contributed by atoms with E-state index in [9.17, 15) is 14.7 Å². The summed E-state index contributed by atoms with van der Waals surface area (Å²) in [6.45, 7) is 1.97. The van der Waals surface area contributed by atoms with E-state index in [1.165, 1.54) is 14.2 Å². The molecular formula is C20H23NO5. The first kappa shape index (κ1) is 19.3. The number of methoxy groups -OCH3 is 2. The van der Waals surface area contributed by atoms with Gasteiger partial charge in [-0.05, 0) is 31.0 Å². The zero-order valence-electron chi connectivity index (χ0n) is 15.1. The Morgan fingerprint density at radius 2 is 1.62 bits per heavy atom. The van der Waals surface area contributed by atoms with Crippen molar-refractivity contribution < 1.29 is 24.2 Å². The molecular weight excluding hydrogens is 334 g/mol. The monoisotopic (exact) mass is 357 g/mol. The Hall–Kier alpha value is -3.02. The number of carbonyl (C=O) groups is 2. The molecule has 2 N–H and O–H groups in total. The summed E-state index contributed by atoms with van der Waals surface area (Å²) in [6, 6.07) is 12.8. The van der Waals surface area contributed by atoms with Crippen LogP contribution in [0.5, 0.6) is 11.5 Å². The largest absolute Gasteiger partial charge is 0.494 e. The second kappa shape index (κ2) is 8.89. The molecule has 0 aliphatic carbocycles. The molecule has 2 aromatic carbocycles. The van der Waals surface area contributed by atoms with Crippen LogP contribution in [0.3, 0.4) is 0 Å². The maximum absolute atomic E-state index is 12.8. The summed E-state index contributed by atoms with van der Waals surface area (Å²) in [5.41, 5.74) is 2.40. The number of carboxylic acids is 1. The molecule has 0 aliphatic heterocycles. The predicted octanol–water partition coefficient (Wildman–Crippen LogP) is 3.28. The zero-order chi connectivity index (χ0) is 19.1. The number of anilines is 1. The van der Waals surface area contributed by atoms with Crippen molar-refractivity contribution in [2.45, 2.75) is 19.8 Å². The number of benzene rings is 2. The maximum Gasteiger partial charge on any atom is 0.304 e. The van der Waals surface area contributed by atoms with E-state index in [1.54, 1.807) is 18.2 Å². The third-order valence-electron chi connectivity index (χ3n) is 4.07. The Morgan fingerprint density at radius 3 is 2.12 bits per heavy atom. The summed E-state index contributed by atoms with van der Waals surface area (Å²) in [5, 5.41) is 12.0. The summed E-state index contributed by atoms with van der Waals surface area (Å²) in [5.74, 6) is -1.24. The van der Waals surface area contributed by atoms with Crippen LogP contribution in [0.2, 0.25) is 0 Å². The fraction of sp³-hybridized carbons (Fsp3) is 0.300. The van der Waals surface area contributed by atoms with E-state index >= 15 is 0 Å². The Balaban J connectivity index is 2.24. The number of hydrogen-bond acceptors (Lipinski definition) is 4. The number of aliphatic carboxylic acids is 1. The first-order valence-electron chi connectivity index (χ1n) is 8.23. The maximum atomic E-state index is 12.8. The molecule has 0 unspecified atom stereocenters. The van der Waals surface area contributed by atoms with E-state index in [0.29, 0.717) is 23.6 Å². The van der Waals surface area contributed by atoms with Gasteiger partial charge in [0.2, 0.25) is 5.91 Å². The first-order chi connectivity index (χ1) is 12.4. The van der Waals surface area contributed by atoms with E-state index in [-0.39, 0.29) is 6.42 Å². The lowest BCUT2D eigenvalue weighted by Gasteiger charge is -2.18. The van der Waals surface area contributed by atoms with Gasteiger partial charge in [-0.25, -0.2) is 0 Å². The van der Waals surface area contributed by atoms with Crippen molar-refractivity contribution in [3.05, 3.63) is 53.6 Å². The molecule has 0 aromatic heterocycles. The van der Waals surface area contributed by atoms with E-state index in [2.05, 4.69) is 5.32 Å². The minimum absolute atomic E-state index is 0.267. The fourth-order valence-electron chi connectivity index (χ4n) is 2.68. The summed E-state index contributed by atoms with van der Waals surface area (Å²) >= 11 is 0. The number of aryl methyl sites for hydroxylation is 1. The summed E-state index contributed by atoms with van der Waals surface area (Å²) in [6.07, 6.45) is 0.0626. The van der Waals surface area contributed by atoms with Gasteiger partial charge in [0, 0.05) is 0 Å². The van der Waals surface area contributed by atoms with Crippen LogP contribution in [0.4, 0.5) is 5.69 Å². The molecule has 1 amide bonds. The van der Waals surface area contributed by atoms with Gasteiger partial charge in [-0.3, -0.25) is 9.59 Å². The number of nitrogens with one attached hydrogen (secondary N) is 1. The predicted molar refractivity (Wildman–Crippen MR) is 98.8 cm³/mol. The lowest BCUT2D eigenvalue weighted by atomic mass is 9.94. The van der Waals surface area contributed by atoms with Crippen LogP contribution in [0.25, 0.3) is 0 Å². The second-order valence-corrected chi connectivity index (χ2v) is 6.01. The van der Waals surface area contributed by atoms with Gasteiger partial charge in [-0.1, -0.05) is 35.9 Å². The van der Waals surface area contributed by atoms with Crippen molar-refractivity contribution in [2.24, 2.45) is 5.92 Å².